The van der Waals surface area contributed by atoms with Crippen molar-refractivity contribution in [2.24, 2.45) is 0 Å². The predicted octanol–water partition coefficient (Wildman–Crippen LogP) is 0.743. The lowest BCUT2D eigenvalue weighted by Gasteiger charge is -2.14. The lowest BCUT2D eigenvalue weighted by Crippen LogP contribution is -2.38. The summed E-state index contributed by atoms with van der Waals surface area (Å²) in [7, 11) is -1.52. The largest absolute Gasteiger partial charge is 0.417 e. The van der Waals surface area contributed by atoms with E-state index in [1.807, 2.05) is 0 Å². The smallest absolute Gasteiger partial charge is 0.410 e. The van der Waals surface area contributed by atoms with Gasteiger partial charge in [-0.2, -0.15) is 0 Å². The standard InChI is InChI=1S/C6H11NO2Si.Si/c1-10(2,3)7-4-5-9-6(7)8;/h4-5H,1-3H3;. The van der Waals surface area contributed by atoms with E-state index in [9.17, 15) is 4.79 Å². The zero-order chi connectivity index (χ0) is 7.78. The summed E-state index contributed by atoms with van der Waals surface area (Å²) in [4.78, 5) is 10.9. The molecule has 0 bridgehead atoms. The summed E-state index contributed by atoms with van der Waals surface area (Å²) in [6.45, 7) is 6.26. The number of hydrogen-bond acceptors (Lipinski definition) is 2. The molecule has 11 heavy (non-hydrogen) atoms. The summed E-state index contributed by atoms with van der Waals surface area (Å²) < 4.78 is 6.32. The molecule has 0 saturated heterocycles. The Kier molecular flexibility index (Phi) is 3.06. The molecule has 1 aromatic heterocycles. The summed E-state index contributed by atoms with van der Waals surface area (Å²) in [6.07, 6.45) is 3.13. The Morgan fingerprint density at radius 1 is 1.45 bits per heavy atom. The van der Waals surface area contributed by atoms with Gasteiger partial charge in [-0.3, -0.25) is 0 Å². The molecular weight excluding hydrogens is 174 g/mol. The molecule has 0 saturated carbocycles. The van der Waals surface area contributed by atoms with Crippen LogP contribution in [0.15, 0.2) is 21.7 Å². The highest BCUT2D eigenvalue weighted by Crippen LogP contribution is 2.01. The summed E-state index contributed by atoms with van der Waals surface area (Å²) in [5, 5.41) is 0. The predicted molar refractivity (Wildman–Crippen MR) is 47.5 cm³/mol. The molecule has 0 fully saturated rings. The summed E-state index contributed by atoms with van der Waals surface area (Å²) in [5.74, 6) is -0.237. The number of hydrogen-bond donors (Lipinski definition) is 0. The van der Waals surface area contributed by atoms with E-state index in [4.69, 9.17) is 0 Å². The molecule has 0 aliphatic heterocycles. The van der Waals surface area contributed by atoms with Crippen LogP contribution in [0.2, 0.25) is 19.6 Å². The van der Waals surface area contributed by atoms with E-state index in [1.54, 1.807) is 10.4 Å². The maximum absolute atomic E-state index is 10.9. The Bertz CT molecular complexity index is 271. The van der Waals surface area contributed by atoms with Gasteiger partial charge in [-0.15, -0.1) is 0 Å². The molecule has 0 N–H and O–H groups in total. The first-order chi connectivity index (χ1) is 4.52. The highest BCUT2D eigenvalue weighted by Gasteiger charge is 2.18. The maximum Gasteiger partial charge on any atom is 0.410 e. The molecular formula is C6H11NO2Si2. The van der Waals surface area contributed by atoms with Gasteiger partial charge in [0.2, 0.25) is 0 Å². The van der Waals surface area contributed by atoms with Crippen molar-refractivity contribution in [3.8, 4) is 0 Å². The van der Waals surface area contributed by atoms with E-state index >= 15 is 0 Å². The van der Waals surface area contributed by atoms with E-state index in [1.165, 1.54) is 6.26 Å². The molecule has 1 rings (SSSR count). The van der Waals surface area contributed by atoms with Crippen molar-refractivity contribution in [1.82, 2.24) is 4.23 Å². The zero-order valence-electron chi connectivity index (χ0n) is 6.92. The molecule has 0 aromatic carbocycles. The van der Waals surface area contributed by atoms with Gasteiger partial charge in [0.15, 0.2) is 8.24 Å². The van der Waals surface area contributed by atoms with Gasteiger partial charge < -0.3 is 8.65 Å². The van der Waals surface area contributed by atoms with Crippen LogP contribution in [0.1, 0.15) is 0 Å². The Labute approximate surface area is 71.1 Å². The molecule has 0 unspecified atom stereocenters. The Morgan fingerprint density at radius 3 is 2.18 bits per heavy atom. The van der Waals surface area contributed by atoms with Crippen LogP contribution in [0.5, 0.6) is 0 Å². The van der Waals surface area contributed by atoms with E-state index < -0.39 is 8.24 Å². The van der Waals surface area contributed by atoms with Crippen LogP contribution < -0.4 is 5.76 Å². The molecule has 0 atom stereocenters. The Balaban J connectivity index is 0.000001000. The quantitative estimate of drug-likeness (QED) is 0.605. The fourth-order valence-corrected chi connectivity index (χ4v) is 1.87. The molecule has 0 aliphatic rings. The van der Waals surface area contributed by atoms with Gasteiger partial charge in [0.25, 0.3) is 0 Å². The lowest BCUT2D eigenvalue weighted by molar-refractivity contribution is 0.508. The molecule has 3 nitrogen and oxygen atoms in total. The average Bonchev–Trinajstić information content (AvgIpc) is 2.11. The van der Waals surface area contributed by atoms with Gasteiger partial charge in [-0.25, -0.2) is 4.79 Å². The van der Waals surface area contributed by atoms with Crippen molar-refractivity contribution < 1.29 is 4.42 Å². The van der Waals surface area contributed by atoms with Gasteiger partial charge in [0.05, 0.1) is 0 Å². The summed E-state index contributed by atoms with van der Waals surface area (Å²) in [5.41, 5.74) is 0. The SMILES string of the molecule is C[Si](C)(C)n1ccoc1=O.[Si]. The van der Waals surface area contributed by atoms with Crippen LogP contribution in [0, 0.1) is 0 Å². The van der Waals surface area contributed by atoms with Crippen molar-refractivity contribution in [3.05, 3.63) is 23.0 Å². The van der Waals surface area contributed by atoms with Gasteiger partial charge in [0.1, 0.15) is 6.26 Å². The number of rotatable bonds is 1. The van der Waals surface area contributed by atoms with Gasteiger partial charge in [-0.05, 0) is 0 Å². The second-order valence-electron chi connectivity index (χ2n) is 3.21. The molecule has 1 aromatic rings. The second kappa shape index (κ2) is 3.23. The number of aromatic nitrogens is 1. The highest BCUT2D eigenvalue weighted by atomic mass is 28.3. The zero-order valence-corrected chi connectivity index (χ0v) is 8.92. The van der Waals surface area contributed by atoms with Crippen LogP contribution in [0.25, 0.3) is 0 Å². The average molecular weight is 185 g/mol. The summed E-state index contributed by atoms with van der Waals surface area (Å²) in [6, 6.07) is 0. The fraction of sp³-hybridized carbons (Fsp3) is 0.500. The maximum atomic E-state index is 10.9. The van der Waals surface area contributed by atoms with Crippen LogP contribution >= 0.6 is 0 Å². The van der Waals surface area contributed by atoms with Gasteiger partial charge in [0, 0.05) is 17.2 Å². The fourth-order valence-electron chi connectivity index (χ4n) is 0.765. The van der Waals surface area contributed by atoms with E-state index in [0.29, 0.717) is 0 Å². The minimum absolute atomic E-state index is 0. The first-order valence-corrected chi connectivity index (χ1v) is 6.63. The first kappa shape index (κ1) is 10.4. The van der Waals surface area contributed by atoms with Gasteiger partial charge in [-0.1, -0.05) is 19.6 Å². The highest BCUT2D eigenvalue weighted by molar-refractivity contribution is 6.74. The lowest BCUT2D eigenvalue weighted by atomic mass is 11.0. The van der Waals surface area contributed by atoms with E-state index in [2.05, 4.69) is 24.1 Å². The molecule has 0 spiro atoms. The van der Waals surface area contributed by atoms with Crippen molar-refractivity contribution >= 4 is 19.2 Å². The molecule has 0 aliphatic carbocycles. The Morgan fingerprint density at radius 2 is 2.00 bits per heavy atom. The molecule has 4 radical (unpaired) electrons. The minimum Gasteiger partial charge on any atom is -0.417 e. The monoisotopic (exact) mass is 185 g/mol. The van der Waals surface area contributed by atoms with Crippen LogP contribution in [0.3, 0.4) is 0 Å². The molecule has 5 heteroatoms. The Hall–Kier alpha value is -0.556. The number of oxazole rings is 1. The van der Waals surface area contributed by atoms with Crippen molar-refractivity contribution in [2.75, 3.05) is 0 Å². The van der Waals surface area contributed by atoms with Crippen molar-refractivity contribution in [1.29, 1.82) is 0 Å². The van der Waals surface area contributed by atoms with Crippen LogP contribution in [-0.4, -0.2) is 23.4 Å². The molecule has 0 amide bonds. The first-order valence-electron chi connectivity index (χ1n) is 3.18. The molecule has 1 heterocycles. The van der Waals surface area contributed by atoms with Gasteiger partial charge >= 0.3 is 5.76 Å². The minimum atomic E-state index is -1.52. The van der Waals surface area contributed by atoms with E-state index in [0.717, 1.165) is 0 Å². The topological polar surface area (TPSA) is 35.1 Å². The number of nitrogens with zero attached hydrogens (tertiary/aromatic N) is 1. The third-order valence-electron chi connectivity index (χ3n) is 1.30. The molecule has 60 valence electrons. The third-order valence-corrected chi connectivity index (χ3v) is 3.08. The van der Waals surface area contributed by atoms with Crippen molar-refractivity contribution in [2.45, 2.75) is 19.6 Å². The third kappa shape index (κ3) is 2.19. The summed E-state index contributed by atoms with van der Waals surface area (Å²) >= 11 is 0. The van der Waals surface area contributed by atoms with Crippen molar-refractivity contribution in [3.63, 3.8) is 0 Å². The second-order valence-corrected chi connectivity index (χ2v) is 8.03. The van der Waals surface area contributed by atoms with Crippen LogP contribution in [-0.2, 0) is 0 Å². The van der Waals surface area contributed by atoms with E-state index in [-0.39, 0.29) is 16.7 Å². The van der Waals surface area contributed by atoms with Crippen LogP contribution in [0.4, 0.5) is 0 Å². The normalized spacial score (nSPS) is 10.8.